The van der Waals surface area contributed by atoms with Crippen molar-refractivity contribution in [2.45, 2.75) is 57.1 Å². The molecule has 2 unspecified atom stereocenters. The van der Waals surface area contributed by atoms with Crippen LogP contribution in [0.15, 0.2) is 6.07 Å². The molecule has 3 aliphatic rings. The standard InChI is InChI=1S/C29H39N3O7/c1-7-8-9-10-14-13-18(31(3)4)16-11-15-12-17-22(32(5)6)25(35)21(28(38)30-2)27(37)29(17,39)26(36)19(15)24(34)20(16)23(14)33/h13,15,17,19,21-22,33,39H,7-12H2,1-6H3,(H,30,38)/t15-,17-,19?,21?,22-,29-/m0/s1. The van der Waals surface area contributed by atoms with Crippen molar-refractivity contribution in [2.24, 2.45) is 23.7 Å². The summed E-state index contributed by atoms with van der Waals surface area (Å²) in [4.78, 5) is 71.0. The van der Waals surface area contributed by atoms with Crippen molar-refractivity contribution < 1.29 is 34.2 Å². The molecule has 1 aromatic carbocycles. The van der Waals surface area contributed by atoms with Crippen LogP contribution in [0.2, 0.25) is 0 Å². The normalized spacial score (nSPS) is 30.1. The number of unbranched alkanes of at least 4 members (excludes halogenated alkanes) is 2. The molecule has 4 rings (SSSR count). The average Bonchev–Trinajstić information content (AvgIpc) is 2.87. The van der Waals surface area contributed by atoms with Crippen molar-refractivity contribution in [3.63, 3.8) is 0 Å². The number of rotatable bonds is 7. The lowest BCUT2D eigenvalue weighted by Gasteiger charge is -2.52. The maximum atomic E-state index is 14.1. The van der Waals surface area contributed by atoms with E-state index < -0.39 is 64.4 Å². The van der Waals surface area contributed by atoms with E-state index in [-0.39, 0.29) is 24.2 Å². The monoisotopic (exact) mass is 541 g/mol. The largest absolute Gasteiger partial charge is 0.507 e. The van der Waals surface area contributed by atoms with E-state index in [1.807, 2.05) is 25.1 Å². The summed E-state index contributed by atoms with van der Waals surface area (Å²) < 4.78 is 0. The van der Waals surface area contributed by atoms with Gasteiger partial charge in [0.1, 0.15) is 5.75 Å². The van der Waals surface area contributed by atoms with Crippen molar-refractivity contribution in [3.05, 3.63) is 22.8 Å². The van der Waals surface area contributed by atoms with E-state index in [1.54, 1.807) is 14.1 Å². The maximum Gasteiger partial charge on any atom is 0.238 e. The number of ketones is 4. The lowest BCUT2D eigenvalue weighted by Crippen LogP contribution is -2.74. The molecule has 0 saturated heterocycles. The van der Waals surface area contributed by atoms with Gasteiger partial charge in [0.25, 0.3) is 0 Å². The first-order chi connectivity index (χ1) is 18.3. The van der Waals surface area contributed by atoms with E-state index in [1.165, 1.54) is 11.9 Å². The number of amides is 1. The Kier molecular flexibility index (Phi) is 7.75. The van der Waals surface area contributed by atoms with Gasteiger partial charge in [0.05, 0.1) is 17.5 Å². The number of aliphatic hydroxyl groups is 1. The van der Waals surface area contributed by atoms with Crippen molar-refractivity contribution in [1.29, 1.82) is 0 Å². The van der Waals surface area contributed by atoms with E-state index in [0.29, 0.717) is 17.5 Å². The number of nitrogens with one attached hydrogen (secondary N) is 1. The number of phenolic OH excluding ortho intramolecular Hbond substituents is 1. The van der Waals surface area contributed by atoms with Crippen molar-refractivity contribution in [2.75, 3.05) is 40.1 Å². The third-order valence-electron chi connectivity index (χ3n) is 8.87. The Balaban J connectivity index is 1.86. The van der Waals surface area contributed by atoms with Gasteiger partial charge < -0.3 is 20.4 Å². The number of benzene rings is 1. The first-order valence-electron chi connectivity index (χ1n) is 13.6. The average molecular weight is 542 g/mol. The minimum Gasteiger partial charge on any atom is -0.507 e. The molecule has 0 spiro atoms. The molecule has 2 fully saturated rings. The molecule has 0 heterocycles. The molecule has 0 radical (unpaired) electrons. The zero-order chi connectivity index (χ0) is 29.0. The van der Waals surface area contributed by atoms with E-state index in [4.69, 9.17) is 0 Å². The van der Waals surface area contributed by atoms with E-state index in [9.17, 15) is 34.2 Å². The van der Waals surface area contributed by atoms with Crippen LogP contribution in [0.4, 0.5) is 5.69 Å². The van der Waals surface area contributed by atoms with Crippen molar-refractivity contribution in [3.8, 4) is 5.75 Å². The summed E-state index contributed by atoms with van der Waals surface area (Å²) in [5.41, 5.74) is -0.596. The minimum absolute atomic E-state index is 0.0603. The van der Waals surface area contributed by atoms with Crippen LogP contribution in [-0.4, -0.2) is 91.0 Å². The van der Waals surface area contributed by atoms with Gasteiger partial charge in [-0.15, -0.1) is 0 Å². The van der Waals surface area contributed by atoms with Crippen LogP contribution in [-0.2, 0) is 32.0 Å². The fourth-order valence-corrected chi connectivity index (χ4v) is 6.98. The summed E-state index contributed by atoms with van der Waals surface area (Å²) in [6.45, 7) is 2.07. The second kappa shape index (κ2) is 10.5. The van der Waals surface area contributed by atoms with Crippen LogP contribution in [0, 0.1) is 23.7 Å². The molecule has 6 atom stereocenters. The summed E-state index contributed by atoms with van der Waals surface area (Å²) >= 11 is 0. The Hall–Kier alpha value is -3.11. The maximum absolute atomic E-state index is 14.1. The highest BCUT2D eigenvalue weighted by atomic mass is 16.3. The minimum atomic E-state index is -2.67. The number of Topliss-reactive ketones (excluding diaryl/α,β-unsaturated/α-hetero) is 4. The number of hydrogen-bond donors (Lipinski definition) is 3. The van der Waals surface area contributed by atoms with Crippen LogP contribution < -0.4 is 10.2 Å². The third-order valence-corrected chi connectivity index (χ3v) is 8.87. The number of phenols is 1. The SMILES string of the molecule is CCCCCc1cc(N(C)C)c2c(c1O)C(=O)C1C(=O)[C@]3(O)C(=O)C(C(=O)NC)C(=O)[C@@H](N(C)C)[C@@H]3C[C@@H]1C2. The molecule has 1 amide bonds. The van der Waals surface area contributed by atoms with Crippen molar-refractivity contribution in [1.82, 2.24) is 10.2 Å². The second-order valence-electron chi connectivity index (χ2n) is 11.6. The highest BCUT2D eigenvalue weighted by Gasteiger charge is 2.69. The summed E-state index contributed by atoms with van der Waals surface area (Å²) in [7, 11) is 8.17. The Morgan fingerprint density at radius 1 is 1.10 bits per heavy atom. The first kappa shape index (κ1) is 28.9. The Labute approximate surface area is 228 Å². The molecule has 212 valence electrons. The molecule has 0 aliphatic heterocycles. The molecule has 10 nitrogen and oxygen atoms in total. The number of hydrogen-bond acceptors (Lipinski definition) is 9. The van der Waals surface area contributed by atoms with E-state index >= 15 is 0 Å². The molecule has 0 aromatic heterocycles. The van der Waals surface area contributed by atoms with Crippen LogP contribution in [0.3, 0.4) is 0 Å². The zero-order valence-electron chi connectivity index (χ0n) is 23.5. The van der Waals surface area contributed by atoms with Crippen molar-refractivity contribution >= 4 is 34.7 Å². The quantitative estimate of drug-likeness (QED) is 0.339. The predicted octanol–water partition coefficient (Wildman–Crippen LogP) is 0.926. The number of aromatic hydroxyl groups is 1. The third kappa shape index (κ3) is 4.28. The molecular weight excluding hydrogens is 502 g/mol. The fraction of sp³-hybridized carbons (Fsp3) is 0.621. The number of carbonyl (C=O) groups is 5. The molecule has 3 aliphatic carbocycles. The Morgan fingerprint density at radius 3 is 2.33 bits per heavy atom. The van der Waals surface area contributed by atoms with E-state index in [0.717, 1.165) is 24.9 Å². The molecular formula is C29H39N3O7. The molecule has 39 heavy (non-hydrogen) atoms. The smallest absolute Gasteiger partial charge is 0.238 e. The summed E-state index contributed by atoms with van der Waals surface area (Å²) in [5.74, 6) is -9.42. The van der Waals surface area contributed by atoms with Gasteiger partial charge in [0.15, 0.2) is 34.7 Å². The van der Waals surface area contributed by atoms with Crippen LogP contribution >= 0.6 is 0 Å². The van der Waals surface area contributed by atoms with Gasteiger partial charge in [-0.05, 0) is 62.9 Å². The highest BCUT2D eigenvalue weighted by molar-refractivity contribution is 6.32. The Bertz CT molecular complexity index is 1240. The van der Waals surface area contributed by atoms with Gasteiger partial charge in [-0.3, -0.25) is 28.9 Å². The van der Waals surface area contributed by atoms with Crippen LogP contribution in [0.1, 0.15) is 54.1 Å². The summed E-state index contributed by atoms with van der Waals surface area (Å²) in [5, 5.41) is 25.3. The van der Waals surface area contributed by atoms with Gasteiger partial charge >= 0.3 is 0 Å². The van der Waals surface area contributed by atoms with Gasteiger partial charge in [-0.1, -0.05) is 19.8 Å². The van der Waals surface area contributed by atoms with Gasteiger partial charge in [-0.2, -0.15) is 0 Å². The van der Waals surface area contributed by atoms with Crippen LogP contribution in [0.25, 0.3) is 0 Å². The topological polar surface area (TPSA) is 144 Å². The predicted molar refractivity (Wildman–Crippen MR) is 144 cm³/mol. The molecule has 2 saturated carbocycles. The number of likely N-dealkylation sites (N-methyl/N-ethyl adjacent to an activating group) is 1. The number of fused-ring (bicyclic) bond motifs is 3. The molecule has 1 aromatic rings. The van der Waals surface area contributed by atoms with Crippen LogP contribution in [0.5, 0.6) is 5.75 Å². The fourth-order valence-electron chi connectivity index (χ4n) is 6.98. The lowest BCUT2D eigenvalue weighted by atomic mass is 9.52. The number of anilines is 1. The summed E-state index contributed by atoms with van der Waals surface area (Å²) in [6, 6.07) is 0.821. The van der Waals surface area contributed by atoms with E-state index in [2.05, 4.69) is 12.2 Å². The van der Waals surface area contributed by atoms with Gasteiger partial charge in [0.2, 0.25) is 5.91 Å². The number of aryl methyl sites for hydroxylation is 1. The second-order valence-corrected chi connectivity index (χ2v) is 11.6. The Morgan fingerprint density at radius 2 is 1.77 bits per heavy atom. The number of nitrogens with zero attached hydrogens (tertiary/aromatic N) is 2. The van der Waals surface area contributed by atoms with Gasteiger partial charge in [-0.25, -0.2) is 0 Å². The first-order valence-corrected chi connectivity index (χ1v) is 13.6. The number of carbonyl (C=O) groups excluding carboxylic acids is 5. The molecule has 3 N–H and O–H groups in total. The molecule has 10 heteroatoms. The zero-order valence-corrected chi connectivity index (χ0v) is 23.5. The molecule has 0 bridgehead atoms. The highest BCUT2D eigenvalue weighted by Crippen LogP contribution is 2.52. The van der Waals surface area contributed by atoms with Gasteiger partial charge in [0, 0.05) is 32.7 Å². The summed E-state index contributed by atoms with van der Waals surface area (Å²) in [6.07, 6.45) is 3.66. The lowest BCUT2D eigenvalue weighted by molar-refractivity contribution is -0.181.